The van der Waals surface area contributed by atoms with Crippen molar-refractivity contribution < 1.29 is 4.21 Å². The van der Waals surface area contributed by atoms with Crippen molar-refractivity contribution in [2.75, 3.05) is 12.3 Å². The number of fused-ring (bicyclic) bond motifs is 1. The summed E-state index contributed by atoms with van der Waals surface area (Å²) in [6.45, 7) is 5.28. The maximum atomic E-state index is 12.4. The molecule has 0 amide bonds. The van der Waals surface area contributed by atoms with Crippen molar-refractivity contribution in [2.45, 2.75) is 45.6 Å². The molecule has 1 saturated carbocycles. The molecule has 3 unspecified atom stereocenters. The molecule has 2 nitrogen and oxygen atoms in total. The summed E-state index contributed by atoms with van der Waals surface area (Å²) >= 11 is 0. The molecule has 0 aromatic rings. The first-order valence-corrected chi connectivity index (χ1v) is 7.98. The molecule has 0 radical (unpaired) electrons. The Hall–Kier alpha value is -0.0200. The zero-order chi connectivity index (χ0) is 11.1. The highest BCUT2D eigenvalue weighted by Crippen LogP contribution is 2.36. The zero-order valence-electron chi connectivity index (χ0n) is 9.95. The smallest absolute Gasteiger partial charge is 0.0322 e. The van der Waals surface area contributed by atoms with E-state index in [4.69, 9.17) is 0 Å². The Morgan fingerprint density at radius 3 is 2.47 bits per heavy atom. The summed E-state index contributed by atoms with van der Waals surface area (Å²) in [5.41, 5.74) is 0. The molecule has 0 aromatic carbocycles. The lowest BCUT2D eigenvalue weighted by Crippen LogP contribution is -2.50. The monoisotopic (exact) mass is 229 g/mol. The van der Waals surface area contributed by atoms with Gasteiger partial charge in [-0.15, -0.1) is 0 Å². The molecular weight excluding hydrogens is 206 g/mol. The lowest BCUT2D eigenvalue weighted by atomic mass is 9.80. The van der Waals surface area contributed by atoms with Gasteiger partial charge < -0.3 is 0 Å². The molecule has 1 aliphatic carbocycles. The molecule has 2 aliphatic rings. The maximum Gasteiger partial charge on any atom is 0.0322 e. The zero-order valence-corrected chi connectivity index (χ0v) is 10.8. The Kier molecular flexibility index (Phi) is 3.13. The van der Waals surface area contributed by atoms with Crippen molar-refractivity contribution in [3.8, 4) is 0 Å². The maximum absolute atomic E-state index is 12.4. The van der Waals surface area contributed by atoms with Gasteiger partial charge in [0.05, 0.1) is 0 Å². The van der Waals surface area contributed by atoms with Gasteiger partial charge in [-0.3, -0.25) is 4.21 Å². The first-order chi connectivity index (χ1) is 7.00. The van der Waals surface area contributed by atoms with Crippen LogP contribution in [0.15, 0.2) is 0 Å². The first kappa shape index (κ1) is 11.5. The standard InChI is InChI=1S/C12H23NOS/c1-10(2)13-8-11-6-4-5-7-12(11)9-15(13,3)14/h10-12H,3-9H2,1-2H3. The molecule has 15 heavy (non-hydrogen) atoms. The first-order valence-electron chi connectivity index (χ1n) is 6.12. The predicted octanol–water partition coefficient (Wildman–Crippen LogP) is 2.15. The molecule has 2 rings (SSSR count). The van der Waals surface area contributed by atoms with Crippen LogP contribution in [0, 0.1) is 11.8 Å². The van der Waals surface area contributed by atoms with Gasteiger partial charge in [0.25, 0.3) is 0 Å². The van der Waals surface area contributed by atoms with Crippen molar-refractivity contribution in [2.24, 2.45) is 11.8 Å². The highest BCUT2D eigenvalue weighted by molar-refractivity contribution is 7.98. The van der Waals surface area contributed by atoms with E-state index in [1.165, 1.54) is 25.7 Å². The third-order valence-corrected chi connectivity index (χ3v) is 6.33. The van der Waals surface area contributed by atoms with Crippen LogP contribution in [-0.4, -0.2) is 32.7 Å². The van der Waals surface area contributed by atoms with Crippen LogP contribution in [0.3, 0.4) is 0 Å². The van der Waals surface area contributed by atoms with Crippen molar-refractivity contribution in [3.63, 3.8) is 0 Å². The van der Waals surface area contributed by atoms with Gasteiger partial charge in [-0.25, -0.2) is 4.31 Å². The minimum Gasteiger partial charge on any atom is -0.253 e. The Balaban J connectivity index is 2.17. The van der Waals surface area contributed by atoms with Crippen LogP contribution in [0.1, 0.15) is 39.5 Å². The summed E-state index contributed by atoms with van der Waals surface area (Å²) in [6.07, 6.45) is 5.32. The number of rotatable bonds is 1. The quantitative estimate of drug-likeness (QED) is 0.631. The van der Waals surface area contributed by atoms with Crippen molar-refractivity contribution in [1.29, 1.82) is 0 Å². The van der Waals surface area contributed by atoms with E-state index >= 15 is 0 Å². The average molecular weight is 229 g/mol. The second kappa shape index (κ2) is 4.10. The number of hydrogen-bond acceptors (Lipinski definition) is 1. The molecule has 0 spiro atoms. The van der Waals surface area contributed by atoms with E-state index in [-0.39, 0.29) is 0 Å². The van der Waals surface area contributed by atoms with Crippen LogP contribution in [0.25, 0.3) is 0 Å². The van der Waals surface area contributed by atoms with Gasteiger partial charge in [-0.05, 0) is 44.4 Å². The highest BCUT2D eigenvalue weighted by atomic mass is 32.2. The van der Waals surface area contributed by atoms with Gasteiger partial charge in [0, 0.05) is 28.0 Å². The van der Waals surface area contributed by atoms with Gasteiger partial charge in [0.15, 0.2) is 0 Å². The Bertz CT molecular complexity index is 321. The molecule has 1 saturated heterocycles. The minimum absolute atomic E-state index is 0.373. The van der Waals surface area contributed by atoms with E-state index in [1.807, 2.05) is 0 Å². The Labute approximate surface area is 94.2 Å². The second-order valence-electron chi connectivity index (χ2n) is 5.44. The normalized spacial score (nSPS) is 42.9. The molecule has 1 heterocycles. The second-order valence-corrected chi connectivity index (χ2v) is 7.78. The van der Waals surface area contributed by atoms with Crippen LogP contribution in [0.2, 0.25) is 0 Å². The summed E-state index contributed by atoms with van der Waals surface area (Å²) in [4.78, 5) is 0. The molecule has 3 atom stereocenters. The van der Waals surface area contributed by atoms with Crippen molar-refractivity contribution >= 4 is 15.6 Å². The van der Waals surface area contributed by atoms with E-state index in [1.54, 1.807) is 0 Å². The molecule has 88 valence electrons. The number of hydrogen-bond donors (Lipinski definition) is 0. The van der Waals surface area contributed by atoms with E-state index in [0.29, 0.717) is 12.0 Å². The third-order valence-electron chi connectivity index (χ3n) is 3.96. The van der Waals surface area contributed by atoms with Crippen LogP contribution >= 0.6 is 0 Å². The minimum atomic E-state index is -1.96. The van der Waals surface area contributed by atoms with Gasteiger partial charge in [-0.1, -0.05) is 12.8 Å². The summed E-state index contributed by atoms with van der Waals surface area (Å²) in [5, 5.41) is 0. The molecule has 1 aliphatic heterocycles. The fourth-order valence-corrected chi connectivity index (χ4v) is 5.67. The third kappa shape index (κ3) is 2.23. The van der Waals surface area contributed by atoms with Crippen LogP contribution < -0.4 is 0 Å². The highest BCUT2D eigenvalue weighted by Gasteiger charge is 2.37. The van der Waals surface area contributed by atoms with E-state index in [9.17, 15) is 4.21 Å². The summed E-state index contributed by atoms with van der Waals surface area (Å²) < 4.78 is 14.6. The Morgan fingerprint density at radius 1 is 1.27 bits per heavy atom. The average Bonchev–Trinajstić information content (AvgIpc) is 2.14. The molecule has 0 bridgehead atoms. The van der Waals surface area contributed by atoms with E-state index in [2.05, 4.69) is 24.0 Å². The van der Waals surface area contributed by atoms with Gasteiger partial charge >= 0.3 is 0 Å². The largest absolute Gasteiger partial charge is 0.253 e. The fourth-order valence-electron chi connectivity index (χ4n) is 3.14. The molecule has 3 heteroatoms. The van der Waals surface area contributed by atoms with Crippen molar-refractivity contribution in [3.05, 3.63) is 0 Å². The van der Waals surface area contributed by atoms with Crippen LogP contribution in [0.5, 0.6) is 0 Å². The van der Waals surface area contributed by atoms with E-state index in [0.717, 1.165) is 18.2 Å². The summed E-state index contributed by atoms with van der Waals surface area (Å²) in [7, 11) is -1.96. The van der Waals surface area contributed by atoms with Gasteiger partial charge in [0.1, 0.15) is 0 Å². The predicted molar refractivity (Wildman–Crippen MR) is 67.4 cm³/mol. The SMILES string of the molecule is C=S1(=O)CC2CCCCC2CN1C(C)C. The molecular formula is C12H23NOS. The van der Waals surface area contributed by atoms with Gasteiger partial charge in [0.2, 0.25) is 0 Å². The summed E-state index contributed by atoms with van der Waals surface area (Å²) in [6, 6.07) is 0.373. The molecule has 0 aromatic heterocycles. The number of nitrogens with zero attached hydrogens (tertiary/aromatic N) is 1. The lowest BCUT2D eigenvalue weighted by molar-refractivity contribution is 0.182. The Morgan fingerprint density at radius 2 is 1.87 bits per heavy atom. The molecule has 0 N–H and O–H groups in total. The van der Waals surface area contributed by atoms with Crippen LogP contribution in [-0.2, 0) is 9.71 Å². The topological polar surface area (TPSA) is 20.3 Å². The van der Waals surface area contributed by atoms with E-state index < -0.39 is 9.71 Å². The lowest BCUT2D eigenvalue weighted by Gasteiger charge is -2.44. The molecule has 2 fully saturated rings. The van der Waals surface area contributed by atoms with Crippen LogP contribution in [0.4, 0.5) is 0 Å². The van der Waals surface area contributed by atoms with Gasteiger partial charge in [-0.2, -0.15) is 0 Å². The summed E-state index contributed by atoms with van der Waals surface area (Å²) in [5.74, 6) is 6.30. The van der Waals surface area contributed by atoms with Crippen molar-refractivity contribution in [1.82, 2.24) is 4.31 Å². The fraction of sp³-hybridized carbons (Fsp3) is 0.917.